The molecule has 0 atom stereocenters. The van der Waals surface area contributed by atoms with Gasteiger partial charge in [0.15, 0.2) is 0 Å². The number of hydrogen-bond donors (Lipinski definition) is 1. The minimum atomic E-state index is 0.495. The maximum Gasteiger partial charge on any atom is 0.0950 e. The van der Waals surface area contributed by atoms with Crippen LogP contribution < -0.4 is 5.32 Å². The molecule has 0 aliphatic heterocycles. The molecular weight excluding hydrogens is 214 g/mol. The normalized spacial score (nSPS) is 11.6. The van der Waals surface area contributed by atoms with Crippen LogP contribution in [-0.4, -0.2) is 28.8 Å². The number of rotatable bonds is 8. The van der Waals surface area contributed by atoms with E-state index in [4.69, 9.17) is 4.74 Å². The van der Waals surface area contributed by atoms with Crippen LogP contribution in [0, 0.1) is 5.92 Å². The lowest BCUT2D eigenvalue weighted by Gasteiger charge is -2.07. The molecule has 0 spiro atoms. The van der Waals surface area contributed by atoms with Crippen LogP contribution >= 0.6 is 0 Å². The Morgan fingerprint density at radius 3 is 2.76 bits per heavy atom. The number of nitrogens with one attached hydrogen (secondary N) is 1. The Kier molecular flexibility index (Phi) is 6.22. The van der Waals surface area contributed by atoms with Crippen molar-refractivity contribution in [3.63, 3.8) is 0 Å². The lowest BCUT2D eigenvalue weighted by Crippen LogP contribution is -2.21. The molecule has 0 fully saturated rings. The summed E-state index contributed by atoms with van der Waals surface area (Å²) in [5.41, 5.74) is 1.09. The molecular formula is C13H25N3O. The summed E-state index contributed by atoms with van der Waals surface area (Å²) in [6.07, 6.45) is 3.95. The lowest BCUT2D eigenvalue weighted by molar-refractivity contribution is 0.103. The summed E-state index contributed by atoms with van der Waals surface area (Å²) in [6.45, 7) is 11.9. The maximum atomic E-state index is 5.54. The Morgan fingerprint density at radius 2 is 2.12 bits per heavy atom. The molecule has 0 saturated carbocycles. The second-order valence-corrected chi connectivity index (χ2v) is 5.11. The van der Waals surface area contributed by atoms with E-state index < -0.39 is 0 Å². The zero-order valence-electron chi connectivity index (χ0n) is 11.4. The molecule has 0 aliphatic carbocycles. The van der Waals surface area contributed by atoms with E-state index in [-0.39, 0.29) is 0 Å². The van der Waals surface area contributed by atoms with E-state index in [1.54, 1.807) is 0 Å². The van der Waals surface area contributed by atoms with Gasteiger partial charge in [0.05, 0.1) is 18.6 Å². The first kappa shape index (κ1) is 14.2. The quantitative estimate of drug-likeness (QED) is 0.706. The van der Waals surface area contributed by atoms with Gasteiger partial charge in [-0.15, -0.1) is 0 Å². The molecule has 0 amide bonds. The second-order valence-electron chi connectivity index (χ2n) is 5.11. The Labute approximate surface area is 104 Å². The van der Waals surface area contributed by atoms with E-state index >= 15 is 0 Å². The number of imidazole rings is 1. The minimum absolute atomic E-state index is 0.495. The fourth-order valence-electron chi connectivity index (χ4n) is 1.42. The highest BCUT2D eigenvalue weighted by Crippen LogP contribution is 1.98. The third-order valence-electron chi connectivity index (χ3n) is 2.32. The Bertz CT molecular complexity index is 307. The molecule has 1 aromatic heterocycles. The molecule has 4 nitrogen and oxygen atoms in total. The molecule has 0 saturated heterocycles. The highest BCUT2D eigenvalue weighted by molar-refractivity contribution is 4.96. The highest BCUT2D eigenvalue weighted by Gasteiger charge is 2.00. The van der Waals surface area contributed by atoms with Gasteiger partial charge in [0, 0.05) is 31.9 Å². The average Bonchev–Trinajstić information content (AvgIpc) is 2.69. The summed E-state index contributed by atoms with van der Waals surface area (Å²) < 4.78 is 7.62. The first-order valence-electron chi connectivity index (χ1n) is 6.39. The first-order chi connectivity index (χ1) is 8.08. The third-order valence-corrected chi connectivity index (χ3v) is 2.32. The van der Waals surface area contributed by atoms with Gasteiger partial charge in [-0.3, -0.25) is 0 Å². The Morgan fingerprint density at radius 1 is 1.35 bits per heavy atom. The number of aromatic nitrogens is 2. The van der Waals surface area contributed by atoms with Crippen molar-refractivity contribution >= 4 is 0 Å². The molecule has 0 aromatic carbocycles. The minimum Gasteiger partial charge on any atom is -0.379 e. The van der Waals surface area contributed by atoms with E-state index in [2.05, 4.69) is 48.8 Å². The monoisotopic (exact) mass is 239 g/mol. The van der Waals surface area contributed by atoms with Gasteiger partial charge in [0.2, 0.25) is 0 Å². The Balaban J connectivity index is 2.21. The fourth-order valence-corrected chi connectivity index (χ4v) is 1.42. The largest absolute Gasteiger partial charge is 0.379 e. The van der Waals surface area contributed by atoms with Crippen LogP contribution in [0.4, 0.5) is 0 Å². The lowest BCUT2D eigenvalue weighted by atomic mass is 10.2. The van der Waals surface area contributed by atoms with Gasteiger partial charge >= 0.3 is 0 Å². The molecule has 1 aromatic rings. The van der Waals surface area contributed by atoms with Crippen molar-refractivity contribution in [1.82, 2.24) is 14.9 Å². The van der Waals surface area contributed by atoms with Gasteiger partial charge in [-0.05, 0) is 5.92 Å². The van der Waals surface area contributed by atoms with Crippen molar-refractivity contribution in [3.8, 4) is 0 Å². The van der Waals surface area contributed by atoms with E-state index in [9.17, 15) is 0 Å². The molecule has 1 N–H and O–H groups in total. The van der Waals surface area contributed by atoms with Gasteiger partial charge in [-0.1, -0.05) is 27.7 Å². The fraction of sp³-hybridized carbons (Fsp3) is 0.769. The van der Waals surface area contributed by atoms with E-state index in [0.717, 1.165) is 32.0 Å². The summed E-state index contributed by atoms with van der Waals surface area (Å²) in [5, 5.41) is 3.35. The van der Waals surface area contributed by atoms with Gasteiger partial charge in [0.25, 0.3) is 0 Å². The average molecular weight is 239 g/mol. The van der Waals surface area contributed by atoms with Crippen LogP contribution in [0.25, 0.3) is 0 Å². The van der Waals surface area contributed by atoms with Gasteiger partial charge in [-0.25, -0.2) is 4.98 Å². The summed E-state index contributed by atoms with van der Waals surface area (Å²) in [5.74, 6) is 0.601. The van der Waals surface area contributed by atoms with Gasteiger partial charge in [-0.2, -0.15) is 0 Å². The molecule has 0 radical (unpaired) electrons. The van der Waals surface area contributed by atoms with E-state index in [1.165, 1.54) is 0 Å². The zero-order chi connectivity index (χ0) is 12.7. The van der Waals surface area contributed by atoms with Crippen LogP contribution in [0.5, 0.6) is 0 Å². The van der Waals surface area contributed by atoms with Crippen molar-refractivity contribution in [2.24, 2.45) is 5.92 Å². The van der Waals surface area contributed by atoms with Gasteiger partial charge < -0.3 is 14.6 Å². The van der Waals surface area contributed by atoms with Crippen molar-refractivity contribution in [3.05, 3.63) is 18.2 Å². The Hall–Kier alpha value is -0.870. The summed E-state index contributed by atoms with van der Waals surface area (Å²) in [6, 6.07) is 0.495. The molecule has 0 bridgehead atoms. The molecule has 1 heterocycles. The molecule has 0 unspecified atom stereocenters. The van der Waals surface area contributed by atoms with Crippen LogP contribution in [0.15, 0.2) is 12.5 Å². The maximum absolute atomic E-state index is 5.54. The van der Waals surface area contributed by atoms with Crippen LogP contribution in [0.3, 0.4) is 0 Å². The first-order valence-corrected chi connectivity index (χ1v) is 6.39. The van der Waals surface area contributed by atoms with Crippen LogP contribution in [0.1, 0.15) is 33.4 Å². The van der Waals surface area contributed by atoms with Crippen molar-refractivity contribution in [2.75, 3.05) is 13.2 Å². The standard InChI is InChI=1S/C13H25N3O/c1-11(2)9-17-6-5-16-8-13(15-10-16)7-14-12(3)4/h8,10-12,14H,5-7,9H2,1-4H3. The van der Waals surface area contributed by atoms with Crippen molar-refractivity contribution < 1.29 is 4.74 Å². The molecule has 1 rings (SSSR count). The van der Waals surface area contributed by atoms with Crippen LogP contribution in [-0.2, 0) is 17.8 Å². The zero-order valence-corrected chi connectivity index (χ0v) is 11.4. The van der Waals surface area contributed by atoms with E-state index in [1.807, 2.05) is 6.33 Å². The van der Waals surface area contributed by atoms with Crippen LogP contribution in [0.2, 0.25) is 0 Å². The topological polar surface area (TPSA) is 39.1 Å². The predicted octanol–water partition coefficient (Wildman–Crippen LogP) is 2.05. The number of nitrogens with zero attached hydrogens (tertiary/aromatic N) is 2. The number of hydrogen-bond acceptors (Lipinski definition) is 3. The number of ether oxygens (including phenoxy) is 1. The summed E-state index contributed by atoms with van der Waals surface area (Å²) in [7, 11) is 0. The van der Waals surface area contributed by atoms with E-state index in [0.29, 0.717) is 12.0 Å². The third kappa shape index (κ3) is 6.44. The van der Waals surface area contributed by atoms with Crippen molar-refractivity contribution in [1.29, 1.82) is 0 Å². The molecule has 0 aliphatic rings. The molecule has 98 valence electrons. The van der Waals surface area contributed by atoms with Crippen molar-refractivity contribution in [2.45, 2.75) is 46.8 Å². The van der Waals surface area contributed by atoms with Gasteiger partial charge in [0.1, 0.15) is 0 Å². The molecule has 17 heavy (non-hydrogen) atoms. The predicted molar refractivity (Wildman–Crippen MR) is 69.9 cm³/mol. The SMILES string of the molecule is CC(C)COCCn1cnc(CNC(C)C)c1. The molecule has 4 heteroatoms. The highest BCUT2D eigenvalue weighted by atomic mass is 16.5. The second kappa shape index (κ2) is 7.45. The summed E-state index contributed by atoms with van der Waals surface area (Å²) in [4.78, 5) is 4.35. The summed E-state index contributed by atoms with van der Waals surface area (Å²) >= 11 is 0. The smallest absolute Gasteiger partial charge is 0.0950 e.